The van der Waals surface area contributed by atoms with Gasteiger partial charge in [-0.05, 0) is 31.0 Å². The van der Waals surface area contributed by atoms with Crippen molar-refractivity contribution in [3.63, 3.8) is 0 Å². The van der Waals surface area contributed by atoms with E-state index in [0.717, 1.165) is 33.9 Å². The monoisotopic (exact) mass is 318 g/mol. The van der Waals surface area contributed by atoms with Gasteiger partial charge in [-0.25, -0.2) is 0 Å². The van der Waals surface area contributed by atoms with Crippen LogP contribution in [0.3, 0.4) is 0 Å². The molecule has 1 fully saturated rings. The summed E-state index contributed by atoms with van der Waals surface area (Å²) in [6, 6.07) is 12.1. The van der Waals surface area contributed by atoms with E-state index in [0.29, 0.717) is 0 Å². The predicted molar refractivity (Wildman–Crippen MR) is 81.5 cm³/mol. The summed E-state index contributed by atoms with van der Waals surface area (Å²) in [6.45, 7) is 0.774. The minimum absolute atomic E-state index is 0.0533. The molecule has 1 aliphatic rings. The van der Waals surface area contributed by atoms with E-state index >= 15 is 0 Å². The van der Waals surface area contributed by atoms with Crippen LogP contribution >= 0.6 is 15.9 Å². The summed E-state index contributed by atoms with van der Waals surface area (Å²) in [6.07, 6.45) is 0.861. The van der Waals surface area contributed by atoms with Gasteiger partial charge in [0, 0.05) is 16.4 Å². The van der Waals surface area contributed by atoms with Crippen molar-refractivity contribution >= 4 is 38.3 Å². The molecular formula is C15H15BrN2O. The zero-order valence-corrected chi connectivity index (χ0v) is 12.3. The molecule has 1 N–H and O–H groups in total. The molecule has 0 bridgehead atoms. The van der Waals surface area contributed by atoms with Gasteiger partial charge in [-0.2, -0.15) is 0 Å². The van der Waals surface area contributed by atoms with E-state index in [2.05, 4.69) is 33.4 Å². The van der Waals surface area contributed by atoms with Gasteiger partial charge in [-0.3, -0.25) is 4.79 Å². The number of amides is 1. The second-order valence-corrected chi connectivity index (χ2v) is 5.59. The Labute approximate surface area is 120 Å². The van der Waals surface area contributed by atoms with Crippen molar-refractivity contribution in [1.82, 2.24) is 5.32 Å². The van der Waals surface area contributed by atoms with Gasteiger partial charge in [0.05, 0.1) is 11.7 Å². The SMILES string of the molecule is CNC1CCN(c2ccc(Br)c3ccccc23)C1=O. The fourth-order valence-electron chi connectivity index (χ4n) is 2.67. The Balaban J connectivity index is 2.12. The van der Waals surface area contributed by atoms with Gasteiger partial charge >= 0.3 is 0 Å². The minimum atomic E-state index is -0.0533. The van der Waals surface area contributed by atoms with Crippen molar-refractivity contribution < 1.29 is 4.79 Å². The van der Waals surface area contributed by atoms with Gasteiger partial charge in [-0.1, -0.05) is 40.2 Å². The average molecular weight is 319 g/mol. The maximum atomic E-state index is 12.3. The number of hydrogen-bond acceptors (Lipinski definition) is 2. The second-order valence-electron chi connectivity index (χ2n) is 4.73. The quantitative estimate of drug-likeness (QED) is 0.923. The third kappa shape index (κ3) is 2.05. The van der Waals surface area contributed by atoms with E-state index in [-0.39, 0.29) is 11.9 Å². The first kappa shape index (κ1) is 12.6. The molecule has 0 spiro atoms. The van der Waals surface area contributed by atoms with E-state index in [1.54, 1.807) is 0 Å². The van der Waals surface area contributed by atoms with Gasteiger partial charge in [0.25, 0.3) is 0 Å². The summed E-state index contributed by atoms with van der Waals surface area (Å²) in [5.74, 6) is 0.162. The maximum Gasteiger partial charge on any atom is 0.244 e. The fourth-order valence-corrected chi connectivity index (χ4v) is 3.15. The van der Waals surface area contributed by atoms with Crippen LogP contribution in [0.2, 0.25) is 0 Å². The van der Waals surface area contributed by atoms with Gasteiger partial charge in [0.15, 0.2) is 0 Å². The van der Waals surface area contributed by atoms with Crippen LogP contribution in [0.25, 0.3) is 10.8 Å². The van der Waals surface area contributed by atoms with E-state index in [1.807, 2.05) is 36.2 Å². The summed E-state index contributed by atoms with van der Waals surface area (Å²) in [7, 11) is 1.84. The predicted octanol–water partition coefficient (Wildman–Crippen LogP) is 2.93. The van der Waals surface area contributed by atoms with Crippen LogP contribution in [0.15, 0.2) is 40.9 Å². The molecule has 2 aromatic carbocycles. The van der Waals surface area contributed by atoms with Crippen LogP contribution < -0.4 is 10.2 Å². The average Bonchev–Trinajstić information content (AvgIpc) is 2.81. The summed E-state index contributed by atoms with van der Waals surface area (Å²) >= 11 is 3.56. The van der Waals surface area contributed by atoms with Crippen molar-refractivity contribution in [3.8, 4) is 0 Å². The Bertz CT molecular complexity index is 641. The molecule has 19 heavy (non-hydrogen) atoms. The lowest BCUT2D eigenvalue weighted by atomic mass is 10.1. The molecule has 0 aliphatic carbocycles. The first-order valence-electron chi connectivity index (χ1n) is 6.38. The maximum absolute atomic E-state index is 12.3. The molecule has 1 unspecified atom stereocenters. The first-order chi connectivity index (χ1) is 9.22. The Morgan fingerprint density at radius 3 is 2.63 bits per heavy atom. The highest BCUT2D eigenvalue weighted by atomic mass is 79.9. The van der Waals surface area contributed by atoms with Crippen LogP contribution in [0.1, 0.15) is 6.42 Å². The Morgan fingerprint density at radius 1 is 1.21 bits per heavy atom. The molecule has 0 radical (unpaired) electrons. The lowest BCUT2D eigenvalue weighted by molar-refractivity contribution is -0.118. The number of carbonyl (C=O) groups is 1. The second kappa shape index (κ2) is 4.94. The van der Waals surface area contributed by atoms with Crippen molar-refractivity contribution in [2.24, 2.45) is 0 Å². The van der Waals surface area contributed by atoms with E-state index in [1.165, 1.54) is 0 Å². The number of fused-ring (bicyclic) bond motifs is 1. The zero-order valence-electron chi connectivity index (χ0n) is 10.7. The van der Waals surface area contributed by atoms with Crippen molar-refractivity contribution in [2.45, 2.75) is 12.5 Å². The number of rotatable bonds is 2. The largest absolute Gasteiger partial charge is 0.310 e. The Morgan fingerprint density at radius 2 is 1.95 bits per heavy atom. The topological polar surface area (TPSA) is 32.3 Å². The first-order valence-corrected chi connectivity index (χ1v) is 7.17. The number of hydrogen-bond donors (Lipinski definition) is 1. The third-order valence-electron chi connectivity index (χ3n) is 3.69. The van der Waals surface area contributed by atoms with E-state index in [9.17, 15) is 4.79 Å². The number of likely N-dealkylation sites (N-methyl/N-ethyl adjacent to an activating group) is 1. The highest BCUT2D eigenvalue weighted by molar-refractivity contribution is 9.10. The van der Waals surface area contributed by atoms with Gasteiger partial charge in [0.2, 0.25) is 5.91 Å². The standard InChI is InChI=1S/C15H15BrN2O/c1-17-13-8-9-18(15(13)19)14-7-6-12(16)10-4-2-3-5-11(10)14/h2-7,13,17H,8-9H2,1H3. The molecular weight excluding hydrogens is 304 g/mol. The van der Waals surface area contributed by atoms with E-state index in [4.69, 9.17) is 0 Å². The molecule has 2 aromatic rings. The molecule has 1 atom stereocenters. The molecule has 0 aromatic heterocycles. The molecule has 4 heteroatoms. The number of carbonyl (C=O) groups excluding carboxylic acids is 1. The van der Waals surface area contributed by atoms with Crippen molar-refractivity contribution in [1.29, 1.82) is 0 Å². The highest BCUT2D eigenvalue weighted by Crippen LogP contribution is 2.34. The molecule has 3 rings (SSSR count). The highest BCUT2D eigenvalue weighted by Gasteiger charge is 2.32. The molecule has 1 saturated heterocycles. The van der Waals surface area contributed by atoms with Crippen LogP contribution in [0.4, 0.5) is 5.69 Å². The Kier molecular flexibility index (Phi) is 3.29. The number of benzene rings is 2. The van der Waals surface area contributed by atoms with Crippen LogP contribution in [0, 0.1) is 0 Å². The summed E-state index contributed by atoms with van der Waals surface area (Å²) in [5.41, 5.74) is 1.00. The fraction of sp³-hybridized carbons (Fsp3) is 0.267. The van der Waals surface area contributed by atoms with Crippen LogP contribution in [-0.2, 0) is 4.79 Å². The van der Waals surface area contributed by atoms with E-state index < -0.39 is 0 Å². The summed E-state index contributed by atoms with van der Waals surface area (Å²) < 4.78 is 1.06. The van der Waals surface area contributed by atoms with Crippen LogP contribution in [0.5, 0.6) is 0 Å². The number of nitrogens with one attached hydrogen (secondary N) is 1. The molecule has 1 aliphatic heterocycles. The lowest BCUT2D eigenvalue weighted by Crippen LogP contribution is -2.36. The van der Waals surface area contributed by atoms with Gasteiger partial charge in [0.1, 0.15) is 0 Å². The minimum Gasteiger partial charge on any atom is -0.310 e. The smallest absolute Gasteiger partial charge is 0.244 e. The summed E-state index contributed by atoms with van der Waals surface area (Å²) in [4.78, 5) is 14.2. The molecule has 98 valence electrons. The Hall–Kier alpha value is -1.39. The van der Waals surface area contributed by atoms with Crippen molar-refractivity contribution in [3.05, 3.63) is 40.9 Å². The third-order valence-corrected chi connectivity index (χ3v) is 4.38. The summed E-state index contributed by atoms with van der Waals surface area (Å²) in [5, 5.41) is 5.32. The molecule has 3 nitrogen and oxygen atoms in total. The zero-order chi connectivity index (χ0) is 13.4. The lowest BCUT2D eigenvalue weighted by Gasteiger charge is -2.19. The number of anilines is 1. The van der Waals surface area contributed by atoms with Crippen molar-refractivity contribution in [2.75, 3.05) is 18.5 Å². The number of halogens is 1. The van der Waals surface area contributed by atoms with Crippen LogP contribution in [-0.4, -0.2) is 25.5 Å². The molecule has 0 saturated carbocycles. The van der Waals surface area contributed by atoms with Gasteiger partial charge < -0.3 is 10.2 Å². The molecule has 1 amide bonds. The molecule has 1 heterocycles. The normalized spacial score (nSPS) is 19.4. The van der Waals surface area contributed by atoms with Gasteiger partial charge in [-0.15, -0.1) is 0 Å². The number of nitrogens with zero attached hydrogens (tertiary/aromatic N) is 1.